The van der Waals surface area contributed by atoms with E-state index in [2.05, 4.69) is 5.32 Å². The van der Waals surface area contributed by atoms with Crippen molar-refractivity contribution in [3.05, 3.63) is 34.3 Å². The Bertz CT molecular complexity index is 447. The maximum atomic E-state index is 12.5. The van der Waals surface area contributed by atoms with Gasteiger partial charge >= 0.3 is 0 Å². The van der Waals surface area contributed by atoms with E-state index in [0.717, 1.165) is 37.1 Å². The molecule has 0 spiro atoms. The molecule has 1 atom stereocenters. The molecule has 1 N–H and O–H groups in total. The molecule has 0 aliphatic carbocycles. The lowest BCUT2D eigenvalue weighted by atomic mass is 10.1. The highest BCUT2D eigenvalue weighted by Crippen LogP contribution is 2.22. The zero-order valence-electron chi connectivity index (χ0n) is 10.9. The quantitative estimate of drug-likeness (QED) is 0.912. The lowest BCUT2D eigenvalue weighted by Gasteiger charge is -2.24. The minimum absolute atomic E-state index is 0.118. The highest BCUT2D eigenvalue weighted by molar-refractivity contribution is 6.31. The molecule has 0 unspecified atom stereocenters. The van der Waals surface area contributed by atoms with Crippen LogP contribution in [0.3, 0.4) is 0 Å². The van der Waals surface area contributed by atoms with E-state index in [-0.39, 0.29) is 5.91 Å². The van der Waals surface area contributed by atoms with Gasteiger partial charge in [0.05, 0.1) is 0 Å². The molecule has 0 saturated carbocycles. The SMILES string of the molecule is CNC[C@@H]1CCCN1C(=O)c1ccc(Cl)c(C)c1. The first-order valence-electron chi connectivity index (χ1n) is 6.35. The molecular weight excluding hydrogens is 248 g/mol. The van der Waals surface area contributed by atoms with Gasteiger partial charge in [-0.3, -0.25) is 4.79 Å². The first kappa shape index (κ1) is 13.4. The normalized spacial score (nSPS) is 19.3. The van der Waals surface area contributed by atoms with Crippen molar-refractivity contribution in [3.8, 4) is 0 Å². The van der Waals surface area contributed by atoms with Crippen LogP contribution in [0.25, 0.3) is 0 Å². The third-order valence-corrected chi connectivity index (χ3v) is 3.91. The number of amides is 1. The summed E-state index contributed by atoms with van der Waals surface area (Å²) in [6.45, 7) is 3.64. The van der Waals surface area contributed by atoms with E-state index in [4.69, 9.17) is 11.6 Å². The Hall–Kier alpha value is -1.06. The second-order valence-electron chi connectivity index (χ2n) is 4.82. The van der Waals surface area contributed by atoms with Crippen molar-refractivity contribution in [3.63, 3.8) is 0 Å². The molecule has 4 heteroatoms. The zero-order valence-corrected chi connectivity index (χ0v) is 11.6. The molecule has 1 heterocycles. The van der Waals surface area contributed by atoms with Crippen LogP contribution in [0.4, 0.5) is 0 Å². The molecule has 0 aromatic heterocycles. The fourth-order valence-corrected chi connectivity index (χ4v) is 2.61. The Kier molecular flexibility index (Phi) is 4.25. The number of halogens is 1. The standard InChI is InChI=1S/C14H19ClN2O/c1-10-8-11(5-6-13(10)15)14(18)17-7-3-4-12(17)9-16-2/h5-6,8,12,16H,3-4,7,9H2,1-2H3/t12-/m0/s1. The predicted octanol–water partition coefficient (Wildman–Crippen LogP) is 2.47. The number of hydrogen-bond acceptors (Lipinski definition) is 2. The number of aryl methyl sites for hydroxylation is 1. The second-order valence-corrected chi connectivity index (χ2v) is 5.22. The lowest BCUT2D eigenvalue weighted by molar-refractivity contribution is 0.0737. The second kappa shape index (κ2) is 5.72. The minimum atomic E-state index is 0.118. The van der Waals surface area contributed by atoms with Crippen LogP contribution in [0.1, 0.15) is 28.8 Å². The van der Waals surface area contributed by atoms with E-state index in [1.165, 1.54) is 0 Å². The summed E-state index contributed by atoms with van der Waals surface area (Å²) in [6.07, 6.45) is 2.17. The molecule has 1 aliphatic heterocycles. The molecule has 1 amide bonds. The van der Waals surface area contributed by atoms with Crippen LogP contribution in [0, 0.1) is 6.92 Å². The number of carbonyl (C=O) groups excluding carboxylic acids is 1. The zero-order chi connectivity index (χ0) is 13.1. The van der Waals surface area contributed by atoms with E-state index < -0.39 is 0 Å². The number of hydrogen-bond donors (Lipinski definition) is 1. The number of nitrogens with zero attached hydrogens (tertiary/aromatic N) is 1. The molecule has 1 fully saturated rings. The summed E-state index contributed by atoms with van der Waals surface area (Å²) in [6, 6.07) is 5.80. The molecule has 1 aliphatic rings. The molecule has 2 rings (SSSR count). The van der Waals surface area contributed by atoms with Crippen LogP contribution < -0.4 is 5.32 Å². The average molecular weight is 267 g/mol. The number of benzene rings is 1. The topological polar surface area (TPSA) is 32.3 Å². The number of rotatable bonds is 3. The fourth-order valence-electron chi connectivity index (χ4n) is 2.49. The van der Waals surface area contributed by atoms with Gasteiger partial charge in [0.1, 0.15) is 0 Å². The summed E-state index contributed by atoms with van der Waals surface area (Å²) < 4.78 is 0. The Labute approximate surface area is 113 Å². The summed E-state index contributed by atoms with van der Waals surface area (Å²) in [5.41, 5.74) is 1.69. The number of likely N-dealkylation sites (tertiary alicyclic amines) is 1. The molecule has 0 bridgehead atoms. The van der Waals surface area contributed by atoms with Crippen LogP contribution in [-0.4, -0.2) is 37.0 Å². The lowest BCUT2D eigenvalue weighted by Crippen LogP contribution is -2.40. The number of carbonyl (C=O) groups is 1. The summed E-state index contributed by atoms with van der Waals surface area (Å²) >= 11 is 5.99. The molecule has 1 saturated heterocycles. The van der Waals surface area contributed by atoms with Gasteiger partial charge in [-0.1, -0.05) is 11.6 Å². The van der Waals surface area contributed by atoms with Crippen molar-refractivity contribution in [2.45, 2.75) is 25.8 Å². The Morgan fingerprint density at radius 3 is 3.00 bits per heavy atom. The Morgan fingerprint density at radius 1 is 1.56 bits per heavy atom. The van der Waals surface area contributed by atoms with Crippen LogP contribution in [0.5, 0.6) is 0 Å². The van der Waals surface area contributed by atoms with Crippen molar-refractivity contribution < 1.29 is 4.79 Å². The third-order valence-electron chi connectivity index (χ3n) is 3.48. The predicted molar refractivity (Wildman–Crippen MR) is 74.2 cm³/mol. The largest absolute Gasteiger partial charge is 0.334 e. The van der Waals surface area contributed by atoms with Gasteiger partial charge in [0.15, 0.2) is 0 Å². The monoisotopic (exact) mass is 266 g/mol. The van der Waals surface area contributed by atoms with E-state index in [0.29, 0.717) is 11.1 Å². The van der Waals surface area contributed by atoms with Gasteiger partial charge in [-0.05, 0) is 50.6 Å². The van der Waals surface area contributed by atoms with Crippen LogP contribution in [0.2, 0.25) is 5.02 Å². The van der Waals surface area contributed by atoms with E-state index >= 15 is 0 Å². The number of nitrogens with one attached hydrogen (secondary N) is 1. The van der Waals surface area contributed by atoms with E-state index in [9.17, 15) is 4.79 Å². The molecular formula is C14H19ClN2O. The molecule has 98 valence electrons. The van der Waals surface area contributed by atoms with Crippen molar-refractivity contribution in [1.29, 1.82) is 0 Å². The van der Waals surface area contributed by atoms with Gasteiger partial charge in [-0.25, -0.2) is 0 Å². The summed E-state index contributed by atoms with van der Waals surface area (Å²) in [7, 11) is 1.92. The average Bonchev–Trinajstić information content (AvgIpc) is 2.80. The highest BCUT2D eigenvalue weighted by atomic mass is 35.5. The van der Waals surface area contributed by atoms with Crippen molar-refractivity contribution in [1.82, 2.24) is 10.2 Å². The first-order valence-corrected chi connectivity index (χ1v) is 6.73. The van der Waals surface area contributed by atoms with Crippen LogP contribution >= 0.6 is 11.6 Å². The van der Waals surface area contributed by atoms with Crippen LogP contribution in [-0.2, 0) is 0 Å². The van der Waals surface area contributed by atoms with Gasteiger partial charge in [0.2, 0.25) is 0 Å². The van der Waals surface area contributed by atoms with Gasteiger partial charge < -0.3 is 10.2 Å². The van der Waals surface area contributed by atoms with Crippen molar-refractivity contribution in [2.75, 3.05) is 20.1 Å². The fraction of sp³-hybridized carbons (Fsp3) is 0.500. The molecule has 1 aromatic rings. The van der Waals surface area contributed by atoms with Gasteiger partial charge in [0.25, 0.3) is 5.91 Å². The van der Waals surface area contributed by atoms with Crippen LogP contribution in [0.15, 0.2) is 18.2 Å². The molecule has 1 aromatic carbocycles. The van der Waals surface area contributed by atoms with E-state index in [1.54, 1.807) is 6.07 Å². The third kappa shape index (κ3) is 2.68. The number of likely N-dealkylation sites (N-methyl/N-ethyl adjacent to an activating group) is 1. The Balaban J connectivity index is 2.17. The van der Waals surface area contributed by atoms with Gasteiger partial charge in [-0.15, -0.1) is 0 Å². The molecule has 3 nitrogen and oxygen atoms in total. The van der Waals surface area contributed by atoms with Gasteiger partial charge in [0, 0.05) is 29.7 Å². The summed E-state index contributed by atoms with van der Waals surface area (Å²) in [5.74, 6) is 0.118. The maximum absolute atomic E-state index is 12.5. The summed E-state index contributed by atoms with van der Waals surface area (Å²) in [5, 5.41) is 3.86. The summed E-state index contributed by atoms with van der Waals surface area (Å²) in [4.78, 5) is 14.4. The minimum Gasteiger partial charge on any atom is -0.334 e. The smallest absolute Gasteiger partial charge is 0.254 e. The highest BCUT2D eigenvalue weighted by Gasteiger charge is 2.28. The Morgan fingerprint density at radius 2 is 2.33 bits per heavy atom. The van der Waals surface area contributed by atoms with E-state index in [1.807, 2.05) is 31.0 Å². The molecule has 18 heavy (non-hydrogen) atoms. The first-order chi connectivity index (χ1) is 8.63. The van der Waals surface area contributed by atoms with Crippen molar-refractivity contribution in [2.24, 2.45) is 0 Å². The maximum Gasteiger partial charge on any atom is 0.254 e. The van der Waals surface area contributed by atoms with Crippen molar-refractivity contribution >= 4 is 17.5 Å². The van der Waals surface area contributed by atoms with Gasteiger partial charge in [-0.2, -0.15) is 0 Å². The molecule has 0 radical (unpaired) electrons.